The van der Waals surface area contributed by atoms with Gasteiger partial charge in [-0.1, -0.05) is 41.4 Å². The van der Waals surface area contributed by atoms with Crippen LogP contribution in [0.15, 0.2) is 36.4 Å². The Morgan fingerprint density at radius 2 is 1.89 bits per heavy atom. The highest BCUT2D eigenvalue weighted by molar-refractivity contribution is 6.42. The van der Waals surface area contributed by atoms with E-state index in [-0.39, 0.29) is 0 Å². The molecule has 2 aromatic carbocycles. The summed E-state index contributed by atoms with van der Waals surface area (Å²) in [5, 5.41) is 11.2. The van der Waals surface area contributed by atoms with Crippen LogP contribution in [0, 0.1) is 0 Å². The quantitative estimate of drug-likeness (QED) is 0.850. The minimum Gasteiger partial charge on any atom is -0.495 e. The molecule has 0 saturated heterocycles. The number of rotatable bonds is 3. The molecule has 2 aromatic rings. The lowest BCUT2D eigenvalue weighted by molar-refractivity contribution is 0.220. The van der Waals surface area contributed by atoms with E-state index in [1.165, 1.54) is 7.11 Å². The van der Waals surface area contributed by atoms with Crippen molar-refractivity contribution in [3.63, 3.8) is 0 Å². The van der Waals surface area contributed by atoms with Crippen molar-refractivity contribution in [2.75, 3.05) is 12.8 Å². The molecule has 0 fully saturated rings. The van der Waals surface area contributed by atoms with Crippen LogP contribution in [-0.2, 0) is 0 Å². The molecule has 3 N–H and O–H groups in total. The molecule has 0 spiro atoms. The molecule has 0 radical (unpaired) electrons. The predicted molar refractivity (Wildman–Crippen MR) is 77.9 cm³/mol. The summed E-state index contributed by atoms with van der Waals surface area (Å²) in [6.07, 6.45) is -0.884. The van der Waals surface area contributed by atoms with Gasteiger partial charge in [-0.2, -0.15) is 0 Å². The van der Waals surface area contributed by atoms with Crippen LogP contribution in [-0.4, -0.2) is 12.2 Å². The third-order valence-electron chi connectivity index (χ3n) is 2.87. The van der Waals surface area contributed by atoms with E-state index in [0.717, 1.165) is 0 Å². The highest BCUT2D eigenvalue weighted by Gasteiger charge is 2.16. The number of hydrogen-bond donors (Lipinski definition) is 2. The van der Waals surface area contributed by atoms with Gasteiger partial charge in [0.15, 0.2) is 0 Å². The minimum absolute atomic E-state index is 0.389. The molecule has 3 nitrogen and oxygen atoms in total. The van der Waals surface area contributed by atoms with Crippen LogP contribution in [0.2, 0.25) is 10.0 Å². The van der Waals surface area contributed by atoms with Crippen LogP contribution in [0.3, 0.4) is 0 Å². The van der Waals surface area contributed by atoms with Gasteiger partial charge in [0.2, 0.25) is 0 Å². The Labute approximate surface area is 121 Å². The average Bonchev–Trinajstić information content (AvgIpc) is 2.41. The van der Waals surface area contributed by atoms with E-state index in [4.69, 9.17) is 33.7 Å². The van der Waals surface area contributed by atoms with E-state index in [2.05, 4.69) is 0 Å². The highest BCUT2D eigenvalue weighted by atomic mass is 35.5. The second-order valence-corrected chi connectivity index (χ2v) is 4.85. The van der Waals surface area contributed by atoms with E-state index in [1.54, 1.807) is 36.4 Å². The molecule has 0 amide bonds. The number of aliphatic hydroxyl groups is 1. The third kappa shape index (κ3) is 2.78. The number of anilines is 1. The number of ether oxygens (including phenoxy) is 1. The molecule has 5 heteroatoms. The Balaban J connectivity index is 2.43. The molecule has 0 bridgehead atoms. The van der Waals surface area contributed by atoms with Crippen molar-refractivity contribution >= 4 is 28.9 Å². The molecule has 0 aliphatic heterocycles. The number of methoxy groups -OCH3 is 1. The first-order valence-corrected chi connectivity index (χ1v) is 6.35. The molecular weight excluding hydrogens is 285 g/mol. The third-order valence-corrected chi connectivity index (χ3v) is 3.61. The molecule has 1 unspecified atom stereocenters. The van der Waals surface area contributed by atoms with Crippen molar-refractivity contribution in [3.05, 3.63) is 57.6 Å². The number of nitrogen functional groups attached to an aromatic ring is 1. The molecule has 0 aromatic heterocycles. The summed E-state index contributed by atoms with van der Waals surface area (Å²) in [4.78, 5) is 0. The predicted octanol–water partition coefficient (Wildman–Crippen LogP) is 3.67. The van der Waals surface area contributed by atoms with Gasteiger partial charge >= 0.3 is 0 Å². The van der Waals surface area contributed by atoms with Gasteiger partial charge in [-0.3, -0.25) is 0 Å². The van der Waals surface area contributed by atoms with Crippen LogP contribution < -0.4 is 10.5 Å². The number of halogens is 2. The molecule has 1 atom stereocenters. The Bertz CT molecular complexity index is 602. The van der Waals surface area contributed by atoms with Crippen LogP contribution in [0.25, 0.3) is 0 Å². The van der Waals surface area contributed by atoms with Crippen LogP contribution >= 0.6 is 23.2 Å². The smallest absolute Gasteiger partial charge is 0.142 e. The fourth-order valence-corrected chi connectivity index (χ4v) is 2.15. The SMILES string of the molecule is COc1cccc(C(O)c2ccc(Cl)c(Cl)c2)c1N. The zero-order chi connectivity index (χ0) is 14.0. The van der Waals surface area contributed by atoms with Gasteiger partial charge in [-0.25, -0.2) is 0 Å². The maximum absolute atomic E-state index is 10.4. The second-order valence-electron chi connectivity index (χ2n) is 4.04. The van der Waals surface area contributed by atoms with Crippen molar-refractivity contribution in [1.29, 1.82) is 0 Å². The maximum Gasteiger partial charge on any atom is 0.142 e. The lowest BCUT2D eigenvalue weighted by Crippen LogP contribution is -2.05. The van der Waals surface area contributed by atoms with E-state index >= 15 is 0 Å². The number of benzene rings is 2. The Kier molecular flexibility index (Phi) is 4.20. The van der Waals surface area contributed by atoms with Gasteiger partial charge in [0.05, 0.1) is 22.8 Å². The molecule has 0 saturated carbocycles. The summed E-state index contributed by atoms with van der Waals surface area (Å²) in [6, 6.07) is 10.2. The zero-order valence-corrected chi connectivity index (χ0v) is 11.7. The molecule has 0 heterocycles. The van der Waals surface area contributed by atoms with Crippen LogP contribution in [0.5, 0.6) is 5.75 Å². The Morgan fingerprint density at radius 1 is 1.16 bits per heavy atom. The van der Waals surface area contributed by atoms with Gasteiger partial charge in [-0.15, -0.1) is 0 Å². The van der Waals surface area contributed by atoms with Crippen molar-refractivity contribution < 1.29 is 9.84 Å². The molecule has 2 rings (SSSR count). The van der Waals surface area contributed by atoms with Gasteiger partial charge in [0.1, 0.15) is 11.9 Å². The topological polar surface area (TPSA) is 55.5 Å². The zero-order valence-electron chi connectivity index (χ0n) is 10.2. The van der Waals surface area contributed by atoms with Gasteiger partial charge in [0.25, 0.3) is 0 Å². The van der Waals surface area contributed by atoms with Gasteiger partial charge in [-0.05, 0) is 23.8 Å². The summed E-state index contributed by atoms with van der Waals surface area (Å²) >= 11 is 11.8. The number of para-hydroxylation sites is 1. The van der Waals surface area contributed by atoms with Crippen molar-refractivity contribution in [1.82, 2.24) is 0 Å². The largest absolute Gasteiger partial charge is 0.495 e. The molecule has 0 aliphatic carbocycles. The summed E-state index contributed by atoms with van der Waals surface area (Å²) < 4.78 is 5.13. The normalized spacial score (nSPS) is 12.2. The first-order valence-electron chi connectivity index (χ1n) is 5.60. The minimum atomic E-state index is -0.884. The lowest BCUT2D eigenvalue weighted by atomic mass is 9.99. The van der Waals surface area contributed by atoms with E-state index in [9.17, 15) is 5.11 Å². The summed E-state index contributed by atoms with van der Waals surface area (Å²) in [7, 11) is 1.53. The molecule has 100 valence electrons. The standard InChI is InChI=1S/C14H13Cl2NO2/c1-19-12-4-2-3-9(13(12)17)14(18)8-5-6-10(15)11(16)7-8/h2-7,14,18H,17H2,1H3. The van der Waals surface area contributed by atoms with Crippen LogP contribution in [0.4, 0.5) is 5.69 Å². The molecule has 19 heavy (non-hydrogen) atoms. The van der Waals surface area contributed by atoms with Gasteiger partial charge < -0.3 is 15.6 Å². The number of nitrogens with two attached hydrogens (primary N) is 1. The van der Waals surface area contributed by atoms with E-state index in [1.807, 2.05) is 0 Å². The maximum atomic E-state index is 10.4. The first-order chi connectivity index (χ1) is 9.04. The summed E-state index contributed by atoms with van der Waals surface area (Å²) in [6.45, 7) is 0. The summed E-state index contributed by atoms with van der Waals surface area (Å²) in [5.41, 5.74) is 7.55. The fraction of sp³-hybridized carbons (Fsp3) is 0.143. The number of hydrogen-bond acceptors (Lipinski definition) is 3. The highest BCUT2D eigenvalue weighted by Crippen LogP contribution is 2.34. The lowest BCUT2D eigenvalue weighted by Gasteiger charge is -2.16. The van der Waals surface area contributed by atoms with Crippen molar-refractivity contribution in [2.24, 2.45) is 0 Å². The Morgan fingerprint density at radius 3 is 2.53 bits per heavy atom. The van der Waals surface area contributed by atoms with E-state index in [0.29, 0.717) is 32.6 Å². The van der Waals surface area contributed by atoms with Gasteiger partial charge in [0, 0.05) is 5.56 Å². The second kappa shape index (κ2) is 5.70. The fourth-order valence-electron chi connectivity index (χ4n) is 1.84. The first kappa shape index (κ1) is 14.0. The average molecular weight is 298 g/mol. The van der Waals surface area contributed by atoms with Crippen molar-refractivity contribution in [2.45, 2.75) is 6.10 Å². The monoisotopic (exact) mass is 297 g/mol. The molecular formula is C14H13Cl2NO2. The van der Waals surface area contributed by atoms with Crippen LogP contribution in [0.1, 0.15) is 17.2 Å². The molecule has 0 aliphatic rings. The summed E-state index contributed by atoms with van der Waals surface area (Å²) in [5.74, 6) is 0.525. The number of aliphatic hydroxyl groups excluding tert-OH is 1. The Hall–Kier alpha value is -1.42. The van der Waals surface area contributed by atoms with Crippen molar-refractivity contribution in [3.8, 4) is 5.75 Å². The van der Waals surface area contributed by atoms with E-state index < -0.39 is 6.10 Å².